The highest BCUT2D eigenvalue weighted by Crippen LogP contribution is 2.39. The van der Waals surface area contributed by atoms with Gasteiger partial charge in [0, 0.05) is 33.3 Å². The van der Waals surface area contributed by atoms with Gasteiger partial charge in [-0.15, -0.1) is 11.3 Å². The zero-order valence-corrected chi connectivity index (χ0v) is 17.2. The van der Waals surface area contributed by atoms with Gasteiger partial charge in [-0.1, -0.05) is 29.8 Å². The minimum Gasteiger partial charge on any atom is -0.324 e. The Morgan fingerprint density at radius 3 is 2.70 bits per heavy atom. The number of nitro groups is 1. The molecule has 1 unspecified atom stereocenters. The second kappa shape index (κ2) is 7.72. The fraction of sp³-hybridized carbons (Fsp3) is 0.182. The highest BCUT2D eigenvalue weighted by Gasteiger charge is 2.35. The standard InChI is InChI=1S/C22H19N3O4S/c1-13-8-9-17-16(11-13)21(19-7-4-10-30-19)24(12-20(26)23-17)22(27)15-5-3-6-18(14(15)2)25(28)29/h3-11,21H,12H2,1-2H3,(H,23,26). The topological polar surface area (TPSA) is 92.6 Å². The summed E-state index contributed by atoms with van der Waals surface area (Å²) in [5.41, 5.74) is 2.87. The van der Waals surface area contributed by atoms with Crippen molar-refractivity contribution >= 4 is 34.5 Å². The Labute approximate surface area is 177 Å². The molecule has 2 heterocycles. The lowest BCUT2D eigenvalue weighted by atomic mass is 9.98. The molecule has 0 saturated heterocycles. The van der Waals surface area contributed by atoms with Crippen LogP contribution in [0.4, 0.5) is 11.4 Å². The maximum Gasteiger partial charge on any atom is 0.273 e. The van der Waals surface area contributed by atoms with Gasteiger partial charge in [0.05, 0.1) is 11.0 Å². The van der Waals surface area contributed by atoms with Gasteiger partial charge in [-0.05, 0) is 37.4 Å². The Kier molecular flexibility index (Phi) is 5.09. The first-order valence-corrected chi connectivity index (χ1v) is 10.2. The molecule has 0 aliphatic carbocycles. The van der Waals surface area contributed by atoms with Crippen molar-refractivity contribution in [1.82, 2.24) is 4.90 Å². The second-order valence-corrected chi connectivity index (χ2v) is 8.18. The number of amides is 2. The van der Waals surface area contributed by atoms with Gasteiger partial charge in [0.2, 0.25) is 5.91 Å². The predicted octanol–water partition coefficient (Wildman–Crippen LogP) is 4.46. The van der Waals surface area contributed by atoms with E-state index < -0.39 is 16.9 Å². The number of benzene rings is 2. The average molecular weight is 421 g/mol. The molecule has 2 aromatic carbocycles. The van der Waals surface area contributed by atoms with Crippen LogP contribution in [0.5, 0.6) is 0 Å². The number of rotatable bonds is 3. The van der Waals surface area contributed by atoms with Crippen molar-refractivity contribution in [2.24, 2.45) is 0 Å². The lowest BCUT2D eigenvalue weighted by Gasteiger charge is -2.30. The van der Waals surface area contributed by atoms with Crippen LogP contribution in [-0.2, 0) is 4.79 Å². The summed E-state index contributed by atoms with van der Waals surface area (Å²) in [7, 11) is 0. The van der Waals surface area contributed by atoms with E-state index in [4.69, 9.17) is 0 Å². The molecule has 0 spiro atoms. The molecule has 3 aromatic rings. The van der Waals surface area contributed by atoms with Crippen molar-refractivity contribution in [3.05, 3.63) is 91.2 Å². The van der Waals surface area contributed by atoms with Crippen LogP contribution < -0.4 is 5.32 Å². The summed E-state index contributed by atoms with van der Waals surface area (Å²) in [4.78, 5) is 39.5. The van der Waals surface area contributed by atoms with Gasteiger partial charge in [-0.25, -0.2) is 0 Å². The van der Waals surface area contributed by atoms with Crippen LogP contribution >= 0.6 is 11.3 Å². The minimum absolute atomic E-state index is 0.121. The van der Waals surface area contributed by atoms with Crippen molar-refractivity contribution < 1.29 is 14.5 Å². The van der Waals surface area contributed by atoms with Crippen LogP contribution in [0.15, 0.2) is 53.9 Å². The third kappa shape index (κ3) is 3.46. The number of nitro benzene ring substituents is 1. The number of nitrogens with one attached hydrogen (secondary N) is 1. The van der Waals surface area contributed by atoms with Crippen molar-refractivity contribution in [1.29, 1.82) is 0 Å². The largest absolute Gasteiger partial charge is 0.324 e. The van der Waals surface area contributed by atoms with E-state index in [-0.39, 0.29) is 29.3 Å². The van der Waals surface area contributed by atoms with Crippen LogP contribution in [0, 0.1) is 24.0 Å². The number of nitrogens with zero attached hydrogens (tertiary/aromatic N) is 2. The Morgan fingerprint density at radius 1 is 1.20 bits per heavy atom. The monoisotopic (exact) mass is 421 g/mol. The van der Waals surface area contributed by atoms with Gasteiger partial charge in [-0.2, -0.15) is 0 Å². The number of carbonyl (C=O) groups excluding carboxylic acids is 2. The molecule has 2 amide bonds. The van der Waals surface area contributed by atoms with Crippen molar-refractivity contribution in [2.75, 3.05) is 11.9 Å². The lowest BCUT2D eigenvalue weighted by Crippen LogP contribution is -2.39. The van der Waals surface area contributed by atoms with Crippen LogP contribution in [0.2, 0.25) is 0 Å². The van der Waals surface area contributed by atoms with Crippen LogP contribution in [0.1, 0.15) is 38.0 Å². The number of fused-ring (bicyclic) bond motifs is 1. The number of carbonyl (C=O) groups is 2. The predicted molar refractivity (Wildman–Crippen MR) is 115 cm³/mol. The Morgan fingerprint density at radius 2 is 2.00 bits per heavy atom. The Bertz CT molecular complexity index is 1160. The second-order valence-electron chi connectivity index (χ2n) is 7.20. The Hall–Kier alpha value is -3.52. The summed E-state index contributed by atoms with van der Waals surface area (Å²) < 4.78 is 0. The first kappa shape index (κ1) is 19.8. The van der Waals surface area contributed by atoms with Gasteiger partial charge in [0.25, 0.3) is 11.6 Å². The van der Waals surface area contributed by atoms with E-state index >= 15 is 0 Å². The zero-order valence-electron chi connectivity index (χ0n) is 16.4. The van der Waals surface area contributed by atoms with Gasteiger partial charge in [0.1, 0.15) is 6.54 Å². The molecule has 7 nitrogen and oxygen atoms in total. The highest BCUT2D eigenvalue weighted by atomic mass is 32.1. The number of hydrogen-bond acceptors (Lipinski definition) is 5. The van der Waals surface area contributed by atoms with Crippen LogP contribution in [0.25, 0.3) is 0 Å². The number of aryl methyl sites for hydroxylation is 1. The SMILES string of the molecule is Cc1ccc2c(c1)C(c1cccs1)N(C(=O)c1cccc([N+](=O)[O-])c1C)CC(=O)N2. The molecule has 0 bridgehead atoms. The molecule has 4 rings (SSSR count). The number of thiophene rings is 1. The summed E-state index contributed by atoms with van der Waals surface area (Å²) >= 11 is 1.50. The summed E-state index contributed by atoms with van der Waals surface area (Å²) in [6.07, 6.45) is 0. The van der Waals surface area contributed by atoms with Crippen molar-refractivity contribution in [2.45, 2.75) is 19.9 Å². The first-order chi connectivity index (χ1) is 14.4. The molecule has 1 aromatic heterocycles. The van der Waals surface area contributed by atoms with Gasteiger partial charge in [-0.3, -0.25) is 19.7 Å². The molecule has 0 radical (unpaired) electrons. The first-order valence-electron chi connectivity index (χ1n) is 9.35. The molecule has 0 saturated carbocycles. The molecule has 152 valence electrons. The third-order valence-corrected chi connectivity index (χ3v) is 6.13. The van der Waals surface area contributed by atoms with Crippen LogP contribution in [-0.4, -0.2) is 28.2 Å². The van der Waals surface area contributed by atoms with E-state index in [1.54, 1.807) is 13.0 Å². The van der Waals surface area contributed by atoms with E-state index in [9.17, 15) is 19.7 Å². The van der Waals surface area contributed by atoms with E-state index in [1.165, 1.54) is 28.4 Å². The van der Waals surface area contributed by atoms with E-state index in [0.29, 0.717) is 5.69 Å². The molecular weight excluding hydrogens is 402 g/mol. The highest BCUT2D eigenvalue weighted by molar-refractivity contribution is 7.10. The van der Waals surface area contributed by atoms with Crippen molar-refractivity contribution in [3.63, 3.8) is 0 Å². The fourth-order valence-corrected chi connectivity index (χ4v) is 4.63. The summed E-state index contributed by atoms with van der Waals surface area (Å²) in [5, 5.41) is 16.2. The third-order valence-electron chi connectivity index (χ3n) is 5.21. The zero-order chi connectivity index (χ0) is 21.4. The summed E-state index contributed by atoms with van der Waals surface area (Å²) in [5.74, 6) is -0.727. The molecular formula is C22H19N3O4S. The normalized spacial score (nSPS) is 15.9. The number of anilines is 1. The molecule has 30 heavy (non-hydrogen) atoms. The molecule has 8 heteroatoms. The molecule has 1 aliphatic rings. The molecule has 1 atom stereocenters. The minimum atomic E-state index is -0.503. The Balaban J connectivity index is 1.89. The molecule has 1 N–H and O–H groups in total. The fourth-order valence-electron chi connectivity index (χ4n) is 3.78. The van der Waals surface area contributed by atoms with Gasteiger partial charge < -0.3 is 10.2 Å². The number of hydrogen-bond donors (Lipinski definition) is 1. The van der Waals surface area contributed by atoms with Gasteiger partial charge in [0.15, 0.2) is 0 Å². The average Bonchev–Trinajstić information content (AvgIpc) is 3.18. The molecule has 1 aliphatic heterocycles. The van der Waals surface area contributed by atoms with E-state index in [0.717, 1.165) is 16.0 Å². The van der Waals surface area contributed by atoms with E-state index in [1.807, 2.05) is 42.6 Å². The maximum absolute atomic E-state index is 13.6. The molecule has 0 fully saturated rings. The van der Waals surface area contributed by atoms with Crippen LogP contribution in [0.3, 0.4) is 0 Å². The summed E-state index contributed by atoms with van der Waals surface area (Å²) in [6, 6.07) is 13.5. The lowest BCUT2D eigenvalue weighted by molar-refractivity contribution is -0.385. The summed E-state index contributed by atoms with van der Waals surface area (Å²) in [6.45, 7) is 3.36. The van der Waals surface area contributed by atoms with Gasteiger partial charge >= 0.3 is 0 Å². The van der Waals surface area contributed by atoms with E-state index in [2.05, 4.69) is 5.32 Å². The maximum atomic E-state index is 13.6. The smallest absolute Gasteiger partial charge is 0.273 e. The van der Waals surface area contributed by atoms with Crippen molar-refractivity contribution in [3.8, 4) is 0 Å². The quantitative estimate of drug-likeness (QED) is 0.499.